The number of rotatable bonds is 6. The molecule has 0 atom stereocenters. The van der Waals surface area contributed by atoms with E-state index in [2.05, 4.69) is 15.0 Å². The average molecular weight is 445 g/mol. The summed E-state index contributed by atoms with van der Waals surface area (Å²) in [5.74, 6) is -0.868. The molecule has 30 heavy (non-hydrogen) atoms. The molecule has 0 saturated heterocycles. The third kappa shape index (κ3) is 4.58. The molecule has 1 heterocycles. The molecule has 0 aliphatic heterocycles. The Bertz CT molecular complexity index is 1180. The molecule has 9 heteroatoms. The van der Waals surface area contributed by atoms with Gasteiger partial charge in [0, 0.05) is 16.5 Å². The number of thiazole rings is 1. The number of aromatic nitrogens is 1. The number of ether oxygens (including phenoxy) is 1. The summed E-state index contributed by atoms with van der Waals surface area (Å²) in [7, 11) is -2.16. The second-order valence-electron chi connectivity index (χ2n) is 6.68. The molecule has 156 valence electrons. The number of methoxy groups -OCH3 is 1. The smallest absolute Gasteiger partial charge is 0.337 e. The Kier molecular flexibility index (Phi) is 6.33. The van der Waals surface area contributed by atoms with Crippen LogP contribution in [0, 0.1) is 0 Å². The first-order valence-electron chi connectivity index (χ1n) is 9.02. The largest absolute Gasteiger partial charge is 0.465 e. The van der Waals surface area contributed by atoms with E-state index in [1.165, 1.54) is 30.6 Å². The fourth-order valence-electron chi connectivity index (χ4n) is 2.61. The van der Waals surface area contributed by atoms with Crippen LogP contribution in [0.2, 0.25) is 0 Å². The first-order chi connectivity index (χ1) is 14.2. The number of amides is 1. The molecule has 7 nitrogen and oxygen atoms in total. The monoisotopic (exact) mass is 444 g/mol. The zero-order chi connectivity index (χ0) is 21.9. The molecular formula is C21H20N2O5S2. The number of benzene rings is 2. The minimum atomic E-state index is -3.48. The molecule has 0 aliphatic carbocycles. The van der Waals surface area contributed by atoms with Crippen LogP contribution in [0.25, 0.3) is 11.3 Å². The van der Waals surface area contributed by atoms with Gasteiger partial charge in [0.2, 0.25) is 0 Å². The van der Waals surface area contributed by atoms with Crippen molar-refractivity contribution >= 4 is 38.2 Å². The number of carbonyl (C=O) groups is 2. The SMILES string of the molecule is COC(=O)c1ccc(-c2csc(NC(=O)c3cccc(S(=O)(=O)C(C)C)c3)n2)cc1. The maximum atomic E-state index is 12.6. The van der Waals surface area contributed by atoms with Gasteiger partial charge in [0.25, 0.3) is 5.91 Å². The summed E-state index contributed by atoms with van der Waals surface area (Å²) in [5, 5.41) is 4.27. The average Bonchev–Trinajstić information content (AvgIpc) is 3.21. The minimum Gasteiger partial charge on any atom is -0.465 e. The third-order valence-electron chi connectivity index (χ3n) is 4.37. The van der Waals surface area contributed by atoms with Crippen LogP contribution in [-0.2, 0) is 14.6 Å². The Morgan fingerprint density at radius 2 is 1.77 bits per heavy atom. The molecule has 2 aromatic carbocycles. The zero-order valence-corrected chi connectivity index (χ0v) is 18.2. The molecule has 1 amide bonds. The minimum absolute atomic E-state index is 0.107. The molecule has 1 aromatic heterocycles. The summed E-state index contributed by atoms with van der Waals surface area (Å²) < 4.78 is 29.4. The highest BCUT2D eigenvalue weighted by Gasteiger charge is 2.20. The molecular weight excluding hydrogens is 424 g/mol. The Morgan fingerprint density at radius 3 is 2.40 bits per heavy atom. The van der Waals surface area contributed by atoms with E-state index in [-0.39, 0.29) is 10.5 Å². The third-order valence-corrected chi connectivity index (χ3v) is 7.28. The Balaban J connectivity index is 1.76. The lowest BCUT2D eigenvalue weighted by Gasteiger charge is -2.09. The van der Waals surface area contributed by atoms with Crippen molar-refractivity contribution in [2.24, 2.45) is 0 Å². The number of anilines is 1. The van der Waals surface area contributed by atoms with Crippen molar-refractivity contribution in [3.8, 4) is 11.3 Å². The van der Waals surface area contributed by atoms with Crippen LogP contribution in [0.3, 0.4) is 0 Å². The van der Waals surface area contributed by atoms with Gasteiger partial charge < -0.3 is 4.74 Å². The van der Waals surface area contributed by atoms with Crippen molar-refractivity contribution in [1.82, 2.24) is 4.98 Å². The zero-order valence-electron chi connectivity index (χ0n) is 16.6. The fraction of sp³-hybridized carbons (Fsp3) is 0.190. The Morgan fingerprint density at radius 1 is 1.07 bits per heavy atom. The van der Waals surface area contributed by atoms with E-state index >= 15 is 0 Å². The van der Waals surface area contributed by atoms with Crippen molar-refractivity contribution in [1.29, 1.82) is 0 Å². The molecule has 0 unspecified atom stereocenters. The molecule has 0 spiro atoms. The highest BCUT2D eigenvalue weighted by atomic mass is 32.2. The van der Waals surface area contributed by atoms with Gasteiger partial charge >= 0.3 is 5.97 Å². The van der Waals surface area contributed by atoms with Crippen LogP contribution in [0.15, 0.2) is 58.8 Å². The van der Waals surface area contributed by atoms with Gasteiger partial charge in [0.05, 0.1) is 28.5 Å². The van der Waals surface area contributed by atoms with Crippen molar-refractivity contribution in [3.63, 3.8) is 0 Å². The first kappa shape index (κ1) is 21.7. The van der Waals surface area contributed by atoms with Gasteiger partial charge in [-0.1, -0.05) is 18.2 Å². The van der Waals surface area contributed by atoms with Crippen LogP contribution in [-0.4, -0.2) is 37.6 Å². The van der Waals surface area contributed by atoms with E-state index in [9.17, 15) is 18.0 Å². The fourth-order valence-corrected chi connectivity index (χ4v) is 4.43. The normalized spacial score (nSPS) is 11.3. The summed E-state index contributed by atoms with van der Waals surface area (Å²) in [4.78, 5) is 28.6. The summed E-state index contributed by atoms with van der Waals surface area (Å²) >= 11 is 1.24. The predicted octanol–water partition coefficient (Wildman–Crippen LogP) is 4.03. The van der Waals surface area contributed by atoms with Gasteiger partial charge in [0.15, 0.2) is 15.0 Å². The van der Waals surface area contributed by atoms with Crippen molar-refractivity contribution in [3.05, 3.63) is 65.0 Å². The first-order valence-corrected chi connectivity index (χ1v) is 11.4. The molecule has 0 radical (unpaired) electrons. The number of carbonyl (C=O) groups excluding carboxylic acids is 2. The van der Waals surface area contributed by atoms with E-state index < -0.39 is 27.0 Å². The number of nitrogens with zero attached hydrogens (tertiary/aromatic N) is 1. The lowest BCUT2D eigenvalue weighted by Crippen LogP contribution is -2.16. The van der Waals surface area contributed by atoms with E-state index in [1.807, 2.05) is 0 Å². The predicted molar refractivity (Wildman–Crippen MR) is 116 cm³/mol. The van der Waals surface area contributed by atoms with E-state index in [0.717, 1.165) is 5.56 Å². The van der Waals surface area contributed by atoms with E-state index in [4.69, 9.17) is 0 Å². The summed E-state index contributed by atoms with van der Waals surface area (Å²) in [6, 6.07) is 12.7. The van der Waals surface area contributed by atoms with Gasteiger partial charge in [-0.05, 0) is 44.2 Å². The van der Waals surface area contributed by atoms with Crippen LogP contribution in [0.5, 0.6) is 0 Å². The Hall–Kier alpha value is -3.04. The van der Waals surface area contributed by atoms with Gasteiger partial charge in [-0.3, -0.25) is 10.1 Å². The van der Waals surface area contributed by atoms with Gasteiger partial charge in [0.1, 0.15) is 0 Å². The van der Waals surface area contributed by atoms with Crippen LogP contribution < -0.4 is 5.32 Å². The van der Waals surface area contributed by atoms with Gasteiger partial charge in [-0.2, -0.15) is 0 Å². The molecule has 3 rings (SSSR count). The standard InChI is InChI=1S/C21H20N2O5S2/c1-13(2)30(26,27)17-6-4-5-16(11-17)19(24)23-21-22-18(12-29-21)14-7-9-15(10-8-14)20(25)28-3/h4-13H,1-3H3,(H,22,23,24). The van der Waals surface area contributed by atoms with Crippen molar-refractivity contribution < 1.29 is 22.7 Å². The number of hydrogen-bond donors (Lipinski definition) is 1. The maximum Gasteiger partial charge on any atom is 0.337 e. The van der Waals surface area contributed by atoms with Crippen LogP contribution in [0.1, 0.15) is 34.6 Å². The van der Waals surface area contributed by atoms with Crippen molar-refractivity contribution in [2.75, 3.05) is 12.4 Å². The molecule has 3 aromatic rings. The van der Waals surface area contributed by atoms with E-state index in [0.29, 0.717) is 16.4 Å². The molecule has 0 fully saturated rings. The van der Waals surface area contributed by atoms with Crippen LogP contribution in [0.4, 0.5) is 5.13 Å². The number of hydrogen-bond acceptors (Lipinski definition) is 7. The van der Waals surface area contributed by atoms with Gasteiger partial charge in [-0.25, -0.2) is 18.2 Å². The van der Waals surface area contributed by atoms with Gasteiger partial charge in [-0.15, -0.1) is 11.3 Å². The highest BCUT2D eigenvalue weighted by molar-refractivity contribution is 7.92. The quantitative estimate of drug-likeness (QED) is 0.576. The topological polar surface area (TPSA) is 102 Å². The van der Waals surface area contributed by atoms with Crippen molar-refractivity contribution in [2.45, 2.75) is 24.0 Å². The summed E-state index contributed by atoms with van der Waals surface area (Å²) in [5.41, 5.74) is 2.09. The number of nitrogens with one attached hydrogen (secondary N) is 1. The maximum absolute atomic E-state index is 12.6. The van der Waals surface area contributed by atoms with E-state index in [1.54, 1.807) is 55.6 Å². The number of sulfone groups is 1. The Labute approximate surface area is 178 Å². The summed E-state index contributed by atoms with van der Waals surface area (Å²) in [6.45, 7) is 3.19. The molecule has 1 N–H and O–H groups in total. The second-order valence-corrected chi connectivity index (χ2v) is 10.0. The molecule has 0 aliphatic rings. The lowest BCUT2D eigenvalue weighted by molar-refractivity contribution is 0.0600. The number of esters is 1. The van der Waals surface area contributed by atoms with Crippen LogP contribution >= 0.6 is 11.3 Å². The summed E-state index contributed by atoms with van der Waals surface area (Å²) in [6.07, 6.45) is 0. The molecule has 0 saturated carbocycles. The molecule has 0 bridgehead atoms. The lowest BCUT2D eigenvalue weighted by atomic mass is 10.1. The second kappa shape index (κ2) is 8.76. The highest BCUT2D eigenvalue weighted by Crippen LogP contribution is 2.26.